The van der Waals surface area contributed by atoms with E-state index in [-0.39, 0.29) is 11.8 Å². The predicted molar refractivity (Wildman–Crippen MR) is 104 cm³/mol. The Hall–Kier alpha value is -2.85. The summed E-state index contributed by atoms with van der Waals surface area (Å²) >= 11 is 1.38. The van der Waals surface area contributed by atoms with E-state index in [0.29, 0.717) is 40.6 Å². The van der Waals surface area contributed by atoms with Crippen LogP contribution in [-0.4, -0.2) is 23.1 Å². The molecular formula is C20H18N4O2S. The van der Waals surface area contributed by atoms with Gasteiger partial charge in [-0.3, -0.25) is 9.59 Å². The lowest BCUT2D eigenvalue weighted by Gasteiger charge is -2.18. The van der Waals surface area contributed by atoms with Gasteiger partial charge in [-0.1, -0.05) is 0 Å². The number of carbonyl (C=O) groups is 2. The van der Waals surface area contributed by atoms with Crippen molar-refractivity contribution in [3.63, 3.8) is 0 Å². The molecule has 1 aromatic heterocycles. The molecular weight excluding hydrogens is 360 g/mol. The van der Waals surface area contributed by atoms with Gasteiger partial charge in [-0.15, -0.1) is 11.8 Å². The highest BCUT2D eigenvalue weighted by molar-refractivity contribution is 7.98. The van der Waals surface area contributed by atoms with Gasteiger partial charge in [0.05, 0.1) is 11.1 Å². The zero-order chi connectivity index (χ0) is 19.0. The molecule has 1 aliphatic heterocycles. The van der Waals surface area contributed by atoms with E-state index in [4.69, 9.17) is 0 Å². The molecule has 0 saturated heterocycles. The topological polar surface area (TPSA) is 94.9 Å². The van der Waals surface area contributed by atoms with Crippen LogP contribution >= 0.6 is 11.8 Å². The molecule has 4 rings (SSSR count). The molecule has 2 aromatic rings. The third-order valence-corrected chi connectivity index (χ3v) is 5.49. The quantitative estimate of drug-likeness (QED) is 0.791. The van der Waals surface area contributed by atoms with Crippen LogP contribution in [0.4, 0.5) is 11.4 Å². The number of hydrogen-bond acceptors (Lipinski definition) is 5. The highest BCUT2D eigenvalue weighted by Gasteiger charge is 2.28. The standard InChI is InChI=1S/C20H18N4O2S/c1-27-20-15(10-21)14(9-17(24-20)11-2-3-11)19(26)22-13-5-6-16-12(8-13)4-7-18(25)23-16/h5-6,8-9,11H,2-4,7H2,1H3,(H,22,26)(H,23,25). The van der Waals surface area contributed by atoms with Crippen molar-refractivity contribution in [2.75, 3.05) is 16.9 Å². The maximum atomic E-state index is 12.9. The summed E-state index contributed by atoms with van der Waals surface area (Å²) in [5.74, 6) is 0.0837. The number of pyridine rings is 1. The minimum atomic E-state index is -0.314. The van der Waals surface area contributed by atoms with Crippen LogP contribution in [0.2, 0.25) is 0 Å². The van der Waals surface area contributed by atoms with Gasteiger partial charge in [0.2, 0.25) is 5.91 Å². The number of benzene rings is 1. The fourth-order valence-electron chi connectivity index (χ4n) is 3.22. The minimum Gasteiger partial charge on any atom is -0.326 e. The number of amides is 2. The first-order chi connectivity index (χ1) is 13.1. The molecule has 2 aliphatic rings. The molecule has 0 unspecified atom stereocenters. The van der Waals surface area contributed by atoms with Crippen molar-refractivity contribution in [2.24, 2.45) is 0 Å². The average Bonchev–Trinajstić information content (AvgIpc) is 3.52. The number of fused-ring (bicyclic) bond motifs is 1. The van der Waals surface area contributed by atoms with E-state index in [0.717, 1.165) is 29.8 Å². The molecule has 2 amide bonds. The Labute approximate surface area is 161 Å². The predicted octanol–water partition coefficient (Wildman–Crippen LogP) is 3.69. The first-order valence-electron chi connectivity index (χ1n) is 8.82. The molecule has 2 heterocycles. The van der Waals surface area contributed by atoms with Gasteiger partial charge in [0.15, 0.2) is 0 Å². The van der Waals surface area contributed by atoms with Gasteiger partial charge in [-0.25, -0.2) is 4.98 Å². The van der Waals surface area contributed by atoms with Crippen LogP contribution in [0.25, 0.3) is 0 Å². The molecule has 1 aliphatic carbocycles. The Bertz CT molecular complexity index is 992. The number of rotatable bonds is 4. The van der Waals surface area contributed by atoms with E-state index in [1.807, 2.05) is 12.3 Å². The summed E-state index contributed by atoms with van der Waals surface area (Å²) in [5, 5.41) is 15.9. The Morgan fingerprint density at radius 3 is 2.85 bits per heavy atom. The number of nitrogens with one attached hydrogen (secondary N) is 2. The number of nitriles is 1. The zero-order valence-electron chi connectivity index (χ0n) is 14.8. The monoisotopic (exact) mass is 378 g/mol. The van der Waals surface area contributed by atoms with Crippen molar-refractivity contribution in [1.82, 2.24) is 4.98 Å². The molecule has 136 valence electrons. The Morgan fingerprint density at radius 2 is 2.15 bits per heavy atom. The third-order valence-electron chi connectivity index (χ3n) is 4.81. The zero-order valence-corrected chi connectivity index (χ0v) is 15.7. The molecule has 0 atom stereocenters. The Kier molecular flexibility index (Phi) is 4.58. The second-order valence-electron chi connectivity index (χ2n) is 6.74. The SMILES string of the molecule is CSc1nc(C2CC2)cc(C(=O)Nc2ccc3c(c2)CCC(=O)N3)c1C#N. The molecule has 27 heavy (non-hydrogen) atoms. The van der Waals surface area contributed by atoms with Crippen molar-refractivity contribution in [3.8, 4) is 6.07 Å². The number of aryl methyl sites for hydroxylation is 1. The number of aromatic nitrogens is 1. The van der Waals surface area contributed by atoms with E-state index in [9.17, 15) is 14.9 Å². The van der Waals surface area contributed by atoms with Gasteiger partial charge in [0.1, 0.15) is 11.1 Å². The average molecular weight is 378 g/mol. The van der Waals surface area contributed by atoms with Crippen LogP contribution in [0.3, 0.4) is 0 Å². The van der Waals surface area contributed by atoms with Gasteiger partial charge in [0, 0.05) is 29.4 Å². The Morgan fingerprint density at radius 1 is 1.33 bits per heavy atom. The van der Waals surface area contributed by atoms with Gasteiger partial charge in [-0.05, 0) is 55.3 Å². The lowest BCUT2D eigenvalue weighted by Crippen LogP contribution is -2.20. The molecule has 1 fully saturated rings. The van der Waals surface area contributed by atoms with Crippen LogP contribution in [0, 0.1) is 11.3 Å². The van der Waals surface area contributed by atoms with Crippen LogP contribution in [0.15, 0.2) is 29.3 Å². The van der Waals surface area contributed by atoms with E-state index in [1.54, 1.807) is 18.2 Å². The maximum Gasteiger partial charge on any atom is 0.257 e. The number of anilines is 2. The summed E-state index contributed by atoms with van der Waals surface area (Å²) in [7, 11) is 0. The second kappa shape index (κ2) is 7.05. The highest BCUT2D eigenvalue weighted by atomic mass is 32.2. The second-order valence-corrected chi connectivity index (χ2v) is 7.53. The highest BCUT2D eigenvalue weighted by Crippen LogP contribution is 2.40. The third kappa shape index (κ3) is 3.53. The minimum absolute atomic E-state index is 0.00642. The number of nitrogens with zero attached hydrogens (tertiary/aromatic N) is 2. The maximum absolute atomic E-state index is 12.9. The Balaban J connectivity index is 1.64. The lowest BCUT2D eigenvalue weighted by molar-refractivity contribution is -0.116. The number of hydrogen-bond donors (Lipinski definition) is 2. The summed E-state index contributed by atoms with van der Waals surface area (Å²) in [6, 6.07) is 9.31. The van der Waals surface area contributed by atoms with Crippen LogP contribution in [0.1, 0.15) is 52.4 Å². The van der Waals surface area contributed by atoms with Crippen molar-refractivity contribution in [2.45, 2.75) is 36.6 Å². The lowest BCUT2D eigenvalue weighted by atomic mass is 10.0. The van der Waals surface area contributed by atoms with Crippen LogP contribution in [-0.2, 0) is 11.2 Å². The molecule has 1 saturated carbocycles. The fraction of sp³-hybridized carbons (Fsp3) is 0.300. The first kappa shape index (κ1) is 17.6. The molecule has 0 radical (unpaired) electrons. The van der Waals surface area contributed by atoms with Gasteiger partial charge in [-0.2, -0.15) is 5.26 Å². The van der Waals surface area contributed by atoms with Crippen molar-refractivity contribution in [3.05, 3.63) is 46.6 Å². The largest absolute Gasteiger partial charge is 0.326 e. The van der Waals surface area contributed by atoms with E-state index < -0.39 is 0 Å². The van der Waals surface area contributed by atoms with Crippen molar-refractivity contribution in [1.29, 1.82) is 5.26 Å². The van der Waals surface area contributed by atoms with Gasteiger partial charge >= 0.3 is 0 Å². The number of thioether (sulfide) groups is 1. The molecule has 1 aromatic carbocycles. The van der Waals surface area contributed by atoms with Gasteiger partial charge < -0.3 is 10.6 Å². The molecule has 7 heteroatoms. The molecule has 0 spiro atoms. The molecule has 0 bridgehead atoms. The molecule has 2 N–H and O–H groups in total. The normalized spacial score (nSPS) is 15.5. The summed E-state index contributed by atoms with van der Waals surface area (Å²) in [4.78, 5) is 28.9. The van der Waals surface area contributed by atoms with Gasteiger partial charge in [0.25, 0.3) is 5.91 Å². The smallest absolute Gasteiger partial charge is 0.257 e. The van der Waals surface area contributed by atoms with Crippen LogP contribution in [0.5, 0.6) is 0 Å². The summed E-state index contributed by atoms with van der Waals surface area (Å²) in [6.45, 7) is 0. The first-order valence-corrected chi connectivity index (χ1v) is 10.0. The summed E-state index contributed by atoms with van der Waals surface area (Å²) in [6.07, 6.45) is 5.09. The fourth-order valence-corrected chi connectivity index (χ4v) is 3.78. The van der Waals surface area contributed by atoms with Crippen molar-refractivity contribution >= 4 is 35.0 Å². The molecule has 6 nitrogen and oxygen atoms in total. The van der Waals surface area contributed by atoms with E-state index >= 15 is 0 Å². The van der Waals surface area contributed by atoms with E-state index in [2.05, 4.69) is 21.7 Å². The van der Waals surface area contributed by atoms with Crippen LogP contribution < -0.4 is 10.6 Å². The summed E-state index contributed by atoms with van der Waals surface area (Å²) in [5.41, 5.74) is 3.99. The number of carbonyl (C=O) groups excluding carboxylic acids is 2. The van der Waals surface area contributed by atoms with E-state index in [1.165, 1.54) is 11.8 Å². The summed E-state index contributed by atoms with van der Waals surface area (Å²) < 4.78 is 0. The van der Waals surface area contributed by atoms with Crippen molar-refractivity contribution < 1.29 is 9.59 Å².